The Balaban J connectivity index is 1.56. The van der Waals surface area contributed by atoms with Gasteiger partial charge in [0.1, 0.15) is 5.82 Å². The number of likely N-dealkylation sites (N-methyl/N-ethyl adjacent to an activating group) is 2. The zero-order valence-corrected chi connectivity index (χ0v) is 13.7. The van der Waals surface area contributed by atoms with Gasteiger partial charge < -0.3 is 9.80 Å². The lowest BCUT2D eigenvalue weighted by Crippen LogP contribution is -2.63. The molecule has 4 heterocycles. The predicted molar refractivity (Wildman–Crippen MR) is 87.3 cm³/mol. The van der Waals surface area contributed by atoms with E-state index in [0.29, 0.717) is 5.65 Å². The summed E-state index contributed by atoms with van der Waals surface area (Å²) in [4.78, 5) is 7.18. The molecule has 0 N–H and O–H groups in total. The van der Waals surface area contributed by atoms with Crippen molar-refractivity contribution in [2.75, 3.05) is 51.7 Å². The van der Waals surface area contributed by atoms with Crippen LogP contribution in [0.4, 0.5) is 10.3 Å². The lowest BCUT2D eigenvalue weighted by Gasteiger charge is -2.52. The van der Waals surface area contributed by atoms with Crippen molar-refractivity contribution in [3.8, 4) is 0 Å². The molecule has 124 valence electrons. The first kappa shape index (κ1) is 14.8. The second-order valence-electron chi connectivity index (χ2n) is 6.95. The van der Waals surface area contributed by atoms with Crippen LogP contribution in [0.2, 0.25) is 0 Å². The smallest absolute Gasteiger partial charge is 0.231 e. The number of aromatic nitrogens is 3. The fourth-order valence-electron chi connectivity index (χ4n) is 3.99. The molecule has 2 aliphatic heterocycles. The number of anilines is 1. The van der Waals surface area contributed by atoms with E-state index in [0.717, 1.165) is 51.5 Å². The minimum Gasteiger partial charge on any atom is -0.340 e. The van der Waals surface area contributed by atoms with Crippen molar-refractivity contribution in [3.05, 3.63) is 24.1 Å². The second kappa shape index (κ2) is 5.42. The number of rotatable bonds is 1. The molecule has 7 heteroatoms. The van der Waals surface area contributed by atoms with Crippen molar-refractivity contribution < 1.29 is 4.39 Å². The van der Waals surface area contributed by atoms with Crippen molar-refractivity contribution in [1.82, 2.24) is 24.4 Å². The Morgan fingerprint density at radius 1 is 1.04 bits per heavy atom. The van der Waals surface area contributed by atoms with Crippen molar-refractivity contribution in [3.63, 3.8) is 0 Å². The number of hydrogen-bond acceptors (Lipinski definition) is 5. The van der Waals surface area contributed by atoms with Crippen LogP contribution in [0.3, 0.4) is 0 Å². The van der Waals surface area contributed by atoms with Crippen LogP contribution in [0.1, 0.15) is 12.8 Å². The van der Waals surface area contributed by atoms with E-state index in [4.69, 9.17) is 0 Å². The molecular formula is C16H23FN6. The maximum atomic E-state index is 13.5. The van der Waals surface area contributed by atoms with Gasteiger partial charge >= 0.3 is 0 Å². The molecule has 0 radical (unpaired) electrons. The first-order valence-corrected chi connectivity index (χ1v) is 8.22. The second-order valence-corrected chi connectivity index (χ2v) is 6.95. The Hall–Kier alpha value is -1.73. The molecule has 0 aliphatic carbocycles. The number of hydrogen-bond donors (Lipinski definition) is 0. The summed E-state index contributed by atoms with van der Waals surface area (Å²) in [6, 6.07) is 3.09. The molecule has 2 saturated heterocycles. The number of halogens is 1. The summed E-state index contributed by atoms with van der Waals surface area (Å²) >= 11 is 0. The summed E-state index contributed by atoms with van der Waals surface area (Å²) < 4.78 is 15.3. The van der Waals surface area contributed by atoms with E-state index in [-0.39, 0.29) is 11.4 Å². The van der Waals surface area contributed by atoms with Gasteiger partial charge in [-0.15, -0.1) is 10.2 Å². The summed E-state index contributed by atoms with van der Waals surface area (Å²) in [5.41, 5.74) is 0.950. The van der Waals surface area contributed by atoms with Crippen LogP contribution in [0, 0.1) is 5.82 Å². The highest BCUT2D eigenvalue weighted by Gasteiger charge is 2.41. The van der Waals surface area contributed by atoms with E-state index in [2.05, 4.69) is 39.0 Å². The van der Waals surface area contributed by atoms with E-state index >= 15 is 0 Å². The number of fused-ring (bicyclic) bond motifs is 1. The van der Waals surface area contributed by atoms with Gasteiger partial charge in [0.2, 0.25) is 5.95 Å². The summed E-state index contributed by atoms with van der Waals surface area (Å²) in [6.07, 6.45) is 3.66. The molecule has 2 aliphatic rings. The molecule has 2 fully saturated rings. The third-order valence-electron chi connectivity index (χ3n) is 5.52. The normalized spacial score (nSPS) is 23.0. The Kier molecular flexibility index (Phi) is 3.50. The van der Waals surface area contributed by atoms with Crippen molar-refractivity contribution >= 4 is 11.6 Å². The highest BCUT2D eigenvalue weighted by molar-refractivity contribution is 5.46. The van der Waals surface area contributed by atoms with Gasteiger partial charge in [-0.2, -0.15) is 0 Å². The van der Waals surface area contributed by atoms with Gasteiger partial charge in [0.15, 0.2) is 5.65 Å². The van der Waals surface area contributed by atoms with E-state index in [9.17, 15) is 4.39 Å². The van der Waals surface area contributed by atoms with Crippen LogP contribution < -0.4 is 4.90 Å². The van der Waals surface area contributed by atoms with E-state index < -0.39 is 0 Å². The monoisotopic (exact) mass is 318 g/mol. The molecule has 0 aromatic carbocycles. The topological polar surface area (TPSA) is 39.9 Å². The quantitative estimate of drug-likeness (QED) is 0.787. The lowest BCUT2D eigenvalue weighted by molar-refractivity contribution is 0.00926. The van der Waals surface area contributed by atoms with Crippen LogP contribution in [0.15, 0.2) is 18.3 Å². The largest absolute Gasteiger partial charge is 0.340 e. The average molecular weight is 318 g/mol. The van der Waals surface area contributed by atoms with Crippen LogP contribution >= 0.6 is 0 Å². The fourth-order valence-corrected chi connectivity index (χ4v) is 3.99. The highest BCUT2D eigenvalue weighted by atomic mass is 19.1. The van der Waals surface area contributed by atoms with Gasteiger partial charge in [-0.1, -0.05) is 0 Å². The molecule has 0 saturated carbocycles. The molecule has 2 aromatic heterocycles. The van der Waals surface area contributed by atoms with Gasteiger partial charge in [0.25, 0.3) is 0 Å². The standard InChI is InChI=1S/C16H23FN6/c1-20-9-10-21(2)16(12-20)5-7-22(8-6-16)15-19-18-14-4-3-13(17)11-23(14)15/h3-4,11H,5-10,12H2,1-2H3. The Labute approximate surface area is 135 Å². The Morgan fingerprint density at radius 2 is 1.83 bits per heavy atom. The Bertz CT molecular complexity index is 706. The Morgan fingerprint density at radius 3 is 2.61 bits per heavy atom. The SMILES string of the molecule is CN1CCN(C)C2(CCN(c3nnc4ccc(F)cn34)CC2)C1. The van der Waals surface area contributed by atoms with Crippen molar-refractivity contribution in [2.24, 2.45) is 0 Å². The predicted octanol–water partition coefficient (Wildman–Crippen LogP) is 1.08. The van der Waals surface area contributed by atoms with Gasteiger partial charge in [0, 0.05) is 44.5 Å². The molecule has 0 bridgehead atoms. The first-order valence-electron chi connectivity index (χ1n) is 8.22. The molecule has 0 unspecified atom stereocenters. The maximum absolute atomic E-state index is 13.5. The number of pyridine rings is 1. The third-order valence-corrected chi connectivity index (χ3v) is 5.52. The molecule has 1 spiro atoms. The number of nitrogens with zero attached hydrogens (tertiary/aromatic N) is 6. The summed E-state index contributed by atoms with van der Waals surface area (Å²) in [6.45, 7) is 5.23. The average Bonchev–Trinajstić information content (AvgIpc) is 2.95. The summed E-state index contributed by atoms with van der Waals surface area (Å²) in [7, 11) is 4.44. The van der Waals surface area contributed by atoms with Gasteiger partial charge in [-0.05, 0) is 39.1 Å². The van der Waals surface area contributed by atoms with Gasteiger partial charge in [0.05, 0.1) is 0 Å². The fraction of sp³-hybridized carbons (Fsp3) is 0.625. The number of piperidine rings is 1. The van der Waals surface area contributed by atoms with Crippen molar-refractivity contribution in [2.45, 2.75) is 18.4 Å². The lowest BCUT2D eigenvalue weighted by atomic mass is 9.84. The van der Waals surface area contributed by atoms with Crippen molar-refractivity contribution in [1.29, 1.82) is 0 Å². The van der Waals surface area contributed by atoms with E-state index in [1.54, 1.807) is 10.5 Å². The summed E-state index contributed by atoms with van der Waals surface area (Å²) in [5, 5.41) is 8.43. The third kappa shape index (κ3) is 2.48. The molecule has 2 aromatic rings. The molecule has 23 heavy (non-hydrogen) atoms. The molecule has 6 nitrogen and oxygen atoms in total. The van der Waals surface area contributed by atoms with Gasteiger partial charge in [-0.3, -0.25) is 9.30 Å². The van der Waals surface area contributed by atoms with Crippen LogP contribution in [-0.4, -0.2) is 76.8 Å². The molecule has 4 rings (SSSR count). The summed E-state index contributed by atoms with van der Waals surface area (Å²) in [5.74, 6) is 0.488. The van der Waals surface area contributed by atoms with Crippen LogP contribution in [0.25, 0.3) is 5.65 Å². The van der Waals surface area contributed by atoms with E-state index in [1.807, 2.05) is 0 Å². The molecular weight excluding hydrogens is 295 g/mol. The zero-order chi connectivity index (χ0) is 16.0. The van der Waals surface area contributed by atoms with Gasteiger partial charge in [-0.25, -0.2) is 4.39 Å². The van der Waals surface area contributed by atoms with Crippen LogP contribution in [0.5, 0.6) is 0 Å². The molecule has 0 atom stereocenters. The van der Waals surface area contributed by atoms with Crippen LogP contribution in [-0.2, 0) is 0 Å². The van der Waals surface area contributed by atoms with E-state index in [1.165, 1.54) is 12.3 Å². The first-order chi connectivity index (χ1) is 11.1. The minimum absolute atomic E-state index is 0.259. The minimum atomic E-state index is -0.263. The molecule has 0 amide bonds. The number of piperazine rings is 1. The zero-order valence-electron chi connectivity index (χ0n) is 13.7. The maximum Gasteiger partial charge on any atom is 0.231 e. The highest BCUT2D eigenvalue weighted by Crippen LogP contribution is 2.32.